The van der Waals surface area contributed by atoms with Gasteiger partial charge in [-0.2, -0.15) is 0 Å². The zero-order valence-electron chi connectivity index (χ0n) is 7.66. The van der Waals surface area contributed by atoms with Crippen LogP contribution in [0.15, 0.2) is 24.3 Å². The van der Waals surface area contributed by atoms with Gasteiger partial charge >= 0.3 is 0 Å². The lowest BCUT2D eigenvalue weighted by Crippen LogP contribution is -2.30. The van der Waals surface area contributed by atoms with Gasteiger partial charge in [0.05, 0.1) is 0 Å². The van der Waals surface area contributed by atoms with Crippen LogP contribution in [0.2, 0.25) is 0 Å². The molecule has 0 aromatic rings. The van der Waals surface area contributed by atoms with Gasteiger partial charge in [-0.3, -0.25) is 4.79 Å². The van der Waals surface area contributed by atoms with Crippen molar-refractivity contribution in [1.29, 1.82) is 0 Å². The van der Waals surface area contributed by atoms with Crippen LogP contribution in [0.25, 0.3) is 0 Å². The molecule has 12 heavy (non-hydrogen) atoms. The molecular formula is C9H16N2O. The fourth-order valence-corrected chi connectivity index (χ4v) is 0.680. The predicted octanol–water partition coefficient (Wildman–Crippen LogP) is 0.536. The Balaban J connectivity index is 3.85. The minimum Gasteiger partial charge on any atom is -0.341 e. The van der Waals surface area contributed by atoms with E-state index in [1.807, 2.05) is 19.1 Å². The van der Waals surface area contributed by atoms with Gasteiger partial charge in [0.2, 0.25) is 5.91 Å². The second-order valence-corrected chi connectivity index (χ2v) is 2.43. The van der Waals surface area contributed by atoms with Crippen molar-refractivity contribution < 1.29 is 4.79 Å². The molecule has 0 aromatic carbocycles. The van der Waals surface area contributed by atoms with Crippen LogP contribution in [0.5, 0.6) is 0 Å². The molecule has 0 unspecified atom stereocenters. The molecule has 0 spiro atoms. The van der Waals surface area contributed by atoms with Crippen LogP contribution >= 0.6 is 0 Å². The highest BCUT2D eigenvalue weighted by atomic mass is 16.2. The van der Waals surface area contributed by atoms with Crippen LogP contribution in [0.3, 0.4) is 0 Å². The first-order valence-corrected chi connectivity index (χ1v) is 3.97. The third kappa shape index (κ3) is 4.68. The molecule has 1 amide bonds. The van der Waals surface area contributed by atoms with Crippen molar-refractivity contribution in [3.8, 4) is 0 Å². The lowest BCUT2D eigenvalue weighted by Gasteiger charge is -2.12. The maximum atomic E-state index is 11.2. The number of allylic oxidation sites excluding steroid dienone is 3. The maximum absolute atomic E-state index is 11.2. The summed E-state index contributed by atoms with van der Waals surface area (Å²) in [6.45, 7) is 3.00. The van der Waals surface area contributed by atoms with E-state index in [2.05, 4.69) is 0 Å². The van der Waals surface area contributed by atoms with Crippen molar-refractivity contribution in [3.63, 3.8) is 0 Å². The second kappa shape index (κ2) is 6.61. The Morgan fingerprint density at radius 3 is 2.67 bits per heavy atom. The summed E-state index contributed by atoms with van der Waals surface area (Å²) in [6.07, 6.45) is 6.92. The molecule has 0 aliphatic rings. The standard InChI is InChI=1S/C9H16N2O/c1-3-4-5-6-9(12)11(2)8-7-10/h3-6H,7-8,10H2,1-2H3. The summed E-state index contributed by atoms with van der Waals surface area (Å²) in [5.74, 6) is -0.0152. The topological polar surface area (TPSA) is 46.3 Å². The van der Waals surface area contributed by atoms with E-state index in [1.165, 1.54) is 6.08 Å². The number of hydrogen-bond acceptors (Lipinski definition) is 2. The van der Waals surface area contributed by atoms with Gasteiger partial charge in [0.15, 0.2) is 0 Å². The number of rotatable bonds is 4. The zero-order chi connectivity index (χ0) is 9.40. The third-order valence-electron chi connectivity index (χ3n) is 1.38. The van der Waals surface area contributed by atoms with Crippen molar-refractivity contribution in [1.82, 2.24) is 4.90 Å². The number of nitrogens with zero attached hydrogens (tertiary/aromatic N) is 1. The number of amides is 1. The molecule has 0 atom stereocenters. The quantitative estimate of drug-likeness (QED) is 0.492. The van der Waals surface area contributed by atoms with Crippen LogP contribution in [0, 0.1) is 0 Å². The SMILES string of the molecule is CC=CC=CC(=O)N(C)CCN. The third-order valence-corrected chi connectivity index (χ3v) is 1.38. The van der Waals surface area contributed by atoms with Crippen molar-refractivity contribution in [2.75, 3.05) is 20.1 Å². The molecular weight excluding hydrogens is 152 g/mol. The molecule has 2 N–H and O–H groups in total. The summed E-state index contributed by atoms with van der Waals surface area (Å²) >= 11 is 0. The van der Waals surface area contributed by atoms with Gasteiger partial charge in [0, 0.05) is 26.2 Å². The lowest BCUT2D eigenvalue weighted by atomic mass is 10.4. The number of carbonyl (C=O) groups is 1. The highest BCUT2D eigenvalue weighted by Gasteiger charge is 2.00. The fourth-order valence-electron chi connectivity index (χ4n) is 0.680. The monoisotopic (exact) mass is 168 g/mol. The summed E-state index contributed by atoms with van der Waals surface area (Å²) < 4.78 is 0. The Labute approximate surface area is 73.5 Å². The van der Waals surface area contributed by atoms with E-state index in [0.717, 1.165) is 0 Å². The largest absolute Gasteiger partial charge is 0.341 e. The molecule has 0 bridgehead atoms. The van der Waals surface area contributed by atoms with E-state index >= 15 is 0 Å². The van der Waals surface area contributed by atoms with Gasteiger partial charge in [-0.1, -0.05) is 18.2 Å². The van der Waals surface area contributed by atoms with Crippen LogP contribution in [0.1, 0.15) is 6.92 Å². The first-order valence-electron chi connectivity index (χ1n) is 3.97. The Bertz CT molecular complexity index is 185. The first-order chi connectivity index (χ1) is 5.72. The number of likely N-dealkylation sites (N-methyl/N-ethyl adjacent to an activating group) is 1. The molecule has 0 fully saturated rings. The number of hydrogen-bond donors (Lipinski definition) is 1. The van der Waals surface area contributed by atoms with Gasteiger partial charge in [0.1, 0.15) is 0 Å². The van der Waals surface area contributed by atoms with Crippen LogP contribution in [-0.4, -0.2) is 30.9 Å². The summed E-state index contributed by atoms with van der Waals surface area (Å²) in [5, 5.41) is 0. The summed E-state index contributed by atoms with van der Waals surface area (Å²) in [4.78, 5) is 12.7. The molecule has 0 radical (unpaired) electrons. The molecule has 3 heteroatoms. The molecule has 0 saturated heterocycles. The summed E-state index contributed by atoms with van der Waals surface area (Å²) in [7, 11) is 1.73. The average Bonchev–Trinajstić information content (AvgIpc) is 2.05. The van der Waals surface area contributed by atoms with Gasteiger partial charge in [0.25, 0.3) is 0 Å². The summed E-state index contributed by atoms with van der Waals surface area (Å²) in [6, 6.07) is 0. The number of carbonyl (C=O) groups excluding carboxylic acids is 1. The normalized spacial score (nSPS) is 11.2. The molecule has 0 aliphatic carbocycles. The van der Waals surface area contributed by atoms with E-state index < -0.39 is 0 Å². The van der Waals surface area contributed by atoms with Crippen molar-refractivity contribution in [2.45, 2.75) is 6.92 Å². The second-order valence-electron chi connectivity index (χ2n) is 2.43. The van der Waals surface area contributed by atoms with E-state index in [4.69, 9.17) is 5.73 Å². The Kier molecular flexibility index (Phi) is 6.01. The minimum absolute atomic E-state index is 0.0152. The highest BCUT2D eigenvalue weighted by Crippen LogP contribution is 1.86. The van der Waals surface area contributed by atoms with Crippen molar-refractivity contribution >= 4 is 5.91 Å². The smallest absolute Gasteiger partial charge is 0.246 e. The van der Waals surface area contributed by atoms with Crippen LogP contribution in [-0.2, 0) is 4.79 Å². The van der Waals surface area contributed by atoms with Crippen LogP contribution in [0.4, 0.5) is 0 Å². The molecule has 0 rings (SSSR count). The van der Waals surface area contributed by atoms with E-state index in [0.29, 0.717) is 13.1 Å². The molecule has 68 valence electrons. The molecule has 0 heterocycles. The highest BCUT2D eigenvalue weighted by molar-refractivity contribution is 5.87. The zero-order valence-corrected chi connectivity index (χ0v) is 7.66. The average molecular weight is 168 g/mol. The molecule has 0 saturated carbocycles. The molecule has 3 nitrogen and oxygen atoms in total. The first kappa shape index (κ1) is 10.9. The molecule has 0 aromatic heterocycles. The van der Waals surface area contributed by atoms with Crippen molar-refractivity contribution in [3.05, 3.63) is 24.3 Å². The van der Waals surface area contributed by atoms with Gasteiger partial charge < -0.3 is 10.6 Å². The van der Waals surface area contributed by atoms with E-state index in [-0.39, 0.29) is 5.91 Å². The molecule has 0 aliphatic heterocycles. The van der Waals surface area contributed by atoms with Gasteiger partial charge in [-0.25, -0.2) is 0 Å². The van der Waals surface area contributed by atoms with E-state index in [1.54, 1.807) is 18.0 Å². The Morgan fingerprint density at radius 1 is 1.50 bits per heavy atom. The predicted molar refractivity (Wildman–Crippen MR) is 50.6 cm³/mol. The lowest BCUT2D eigenvalue weighted by molar-refractivity contribution is -0.124. The summed E-state index contributed by atoms with van der Waals surface area (Å²) in [5.41, 5.74) is 5.29. The van der Waals surface area contributed by atoms with Gasteiger partial charge in [-0.05, 0) is 6.92 Å². The Hall–Kier alpha value is -1.09. The van der Waals surface area contributed by atoms with Gasteiger partial charge in [-0.15, -0.1) is 0 Å². The van der Waals surface area contributed by atoms with E-state index in [9.17, 15) is 4.79 Å². The van der Waals surface area contributed by atoms with Crippen LogP contribution < -0.4 is 5.73 Å². The minimum atomic E-state index is -0.0152. The number of nitrogens with two attached hydrogens (primary N) is 1. The maximum Gasteiger partial charge on any atom is 0.246 e. The Morgan fingerprint density at radius 2 is 2.17 bits per heavy atom. The van der Waals surface area contributed by atoms with Crippen molar-refractivity contribution in [2.24, 2.45) is 5.73 Å². The fraction of sp³-hybridized carbons (Fsp3) is 0.444.